The van der Waals surface area contributed by atoms with Gasteiger partial charge in [0.25, 0.3) is 0 Å². The summed E-state index contributed by atoms with van der Waals surface area (Å²) in [6.07, 6.45) is 7.86. The van der Waals surface area contributed by atoms with E-state index < -0.39 is 0 Å². The molecule has 0 atom stereocenters. The quantitative estimate of drug-likeness (QED) is 0.518. The van der Waals surface area contributed by atoms with Crippen molar-refractivity contribution in [2.24, 2.45) is 11.8 Å². The lowest BCUT2D eigenvalue weighted by molar-refractivity contribution is 0.212. The first-order chi connectivity index (χ1) is 5.24. The molecule has 0 aromatic heterocycles. The first-order valence-corrected chi connectivity index (χ1v) is 4.45. The molecule has 11 heavy (non-hydrogen) atoms. The lowest BCUT2D eigenvalue weighted by Gasteiger charge is -2.31. The van der Waals surface area contributed by atoms with E-state index in [1.807, 2.05) is 0 Å². The lowest BCUT2D eigenvalue weighted by Crippen LogP contribution is -2.31. The van der Waals surface area contributed by atoms with Crippen LogP contribution < -0.4 is 0 Å². The summed E-state index contributed by atoms with van der Waals surface area (Å²) < 4.78 is 0. The summed E-state index contributed by atoms with van der Waals surface area (Å²) in [7, 11) is 0. The molecule has 0 saturated carbocycles. The minimum atomic E-state index is 0.829. The number of likely N-dealkylation sites (tertiary alicyclic amines) is 1. The molecule has 0 bridgehead atoms. The van der Waals surface area contributed by atoms with E-state index in [1.165, 1.54) is 12.8 Å². The summed E-state index contributed by atoms with van der Waals surface area (Å²) in [5, 5.41) is 0. The van der Waals surface area contributed by atoms with Crippen LogP contribution >= 0.6 is 0 Å². The number of rotatable bonds is 1. The van der Waals surface area contributed by atoms with Crippen LogP contribution in [0.2, 0.25) is 0 Å². The average Bonchev–Trinajstić information content (AvgIpc) is 2.05. The molecule has 1 aliphatic heterocycles. The van der Waals surface area contributed by atoms with Crippen molar-refractivity contribution >= 4 is 0 Å². The van der Waals surface area contributed by atoms with Crippen LogP contribution in [0.1, 0.15) is 26.7 Å². The van der Waals surface area contributed by atoms with E-state index in [4.69, 9.17) is 6.42 Å². The predicted octanol–water partition coefficient (Wildman–Crippen LogP) is 1.95. The van der Waals surface area contributed by atoms with E-state index in [-0.39, 0.29) is 0 Å². The second-order valence-corrected chi connectivity index (χ2v) is 3.70. The monoisotopic (exact) mass is 151 g/mol. The Morgan fingerprint density at radius 3 is 2.27 bits per heavy atom. The molecule has 1 heterocycles. The van der Waals surface area contributed by atoms with Crippen molar-refractivity contribution in [1.29, 1.82) is 0 Å². The number of terminal acetylenes is 1. The molecule has 1 nitrogen and oxygen atoms in total. The SMILES string of the molecule is C#CN1CCC(C(C)C)CC1. The van der Waals surface area contributed by atoms with E-state index in [0.29, 0.717) is 0 Å². The highest BCUT2D eigenvalue weighted by Crippen LogP contribution is 2.23. The van der Waals surface area contributed by atoms with Crippen LogP contribution in [0.25, 0.3) is 0 Å². The van der Waals surface area contributed by atoms with Gasteiger partial charge in [0.05, 0.1) is 0 Å². The van der Waals surface area contributed by atoms with Crippen LogP contribution in [0.5, 0.6) is 0 Å². The van der Waals surface area contributed by atoms with Crippen LogP contribution in [-0.2, 0) is 0 Å². The maximum absolute atomic E-state index is 5.30. The number of nitrogens with zero attached hydrogens (tertiary/aromatic N) is 1. The fraction of sp³-hybridized carbons (Fsp3) is 0.800. The van der Waals surface area contributed by atoms with E-state index in [9.17, 15) is 0 Å². The molecule has 62 valence electrons. The molecule has 0 aliphatic carbocycles. The van der Waals surface area contributed by atoms with Gasteiger partial charge in [0, 0.05) is 19.1 Å². The molecule has 1 heteroatoms. The summed E-state index contributed by atoms with van der Waals surface area (Å²) in [6.45, 7) is 6.80. The minimum Gasteiger partial charge on any atom is -0.333 e. The zero-order valence-corrected chi connectivity index (χ0v) is 7.51. The molecule has 1 rings (SSSR count). The molecule has 0 unspecified atom stereocenters. The second-order valence-electron chi connectivity index (χ2n) is 3.70. The third-order valence-corrected chi connectivity index (χ3v) is 2.66. The molecule has 1 aliphatic rings. The van der Waals surface area contributed by atoms with Crippen molar-refractivity contribution in [3.05, 3.63) is 0 Å². The standard InChI is InChI=1S/C10H17N/c1-4-11-7-5-10(6-8-11)9(2)3/h1,9-10H,5-8H2,2-3H3. The molecule has 0 spiro atoms. The first-order valence-electron chi connectivity index (χ1n) is 4.45. The summed E-state index contributed by atoms with van der Waals surface area (Å²) in [5.41, 5.74) is 0. The highest BCUT2D eigenvalue weighted by Gasteiger charge is 2.19. The van der Waals surface area contributed by atoms with Crippen molar-refractivity contribution in [3.63, 3.8) is 0 Å². The molecule has 0 aromatic carbocycles. The highest BCUT2D eigenvalue weighted by molar-refractivity contribution is 4.88. The number of hydrogen-bond acceptors (Lipinski definition) is 1. The van der Waals surface area contributed by atoms with Gasteiger partial charge in [0.2, 0.25) is 0 Å². The molecular formula is C10H17N. The molecule has 0 aromatic rings. The maximum Gasteiger partial charge on any atom is 0.0263 e. The Morgan fingerprint density at radius 1 is 1.36 bits per heavy atom. The molecule has 1 fully saturated rings. The summed E-state index contributed by atoms with van der Waals surface area (Å²) in [4.78, 5) is 2.08. The maximum atomic E-state index is 5.30. The van der Waals surface area contributed by atoms with Gasteiger partial charge in [-0.25, -0.2) is 0 Å². The van der Waals surface area contributed by atoms with Crippen molar-refractivity contribution in [1.82, 2.24) is 4.90 Å². The Hall–Kier alpha value is -0.640. The van der Waals surface area contributed by atoms with Gasteiger partial charge in [0.1, 0.15) is 0 Å². The third kappa shape index (κ3) is 2.15. The van der Waals surface area contributed by atoms with Crippen molar-refractivity contribution in [2.75, 3.05) is 13.1 Å². The fourth-order valence-electron chi connectivity index (χ4n) is 1.70. The largest absolute Gasteiger partial charge is 0.333 e. The van der Waals surface area contributed by atoms with Gasteiger partial charge >= 0.3 is 0 Å². The smallest absolute Gasteiger partial charge is 0.0263 e. The van der Waals surface area contributed by atoms with Crippen LogP contribution in [-0.4, -0.2) is 18.0 Å². The topological polar surface area (TPSA) is 3.24 Å². The fourth-order valence-corrected chi connectivity index (χ4v) is 1.70. The summed E-state index contributed by atoms with van der Waals surface area (Å²) in [6, 6.07) is 2.70. The van der Waals surface area contributed by atoms with E-state index in [1.54, 1.807) is 0 Å². The van der Waals surface area contributed by atoms with Gasteiger partial charge in [-0.3, -0.25) is 0 Å². The number of hydrogen-bond donors (Lipinski definition) is 0. The molecule has 0 amide bonds. The van der Waals surface area contributed by atoms with Crippen LogP contribution in [0.15, 0.2) is 0 Å². The van der Waals surface area contributed by atoms with Crippen molar-refractivity contribution < 1.29 is 0 Å². The summed E-state index contributed by atoms with van der Waals surface area (Å²) >= 11 is 0. The van der Waals surface area contributed by atoms with Crippen LogP contribution in [0.3, 0.4) is 0 Å². The highest BCUT2D eigenvalue weighted by atomic mass is 15.1. The zero-order valence-electron chi connectivity index (χ0n) is 7.51. The zero-order chi connectivity index (χ0) is 8.27. The van der Waals surface area contributed by atoms with Crippen molar-refractivity contribution in [3.8, 4) is 12.5 Å². The Morgan fingerprint density at radius 2 is 1.91 bits per heavy atom. The minimum absolute atomic E-state index is 0.829. The van der Waals surface area contributed by atoms with Crippen LogP contribution in [0.4, 0.5) is 0 Å². The van der Waals surface area contributed by atoms with E-state index in [0.717, 1.165) is 24.9 Å². The van der Waals surface area contributed by atoms with Gasteiger partial charge < -0.3 is 4.90 Å². The Kier molecular flexibility index (Phi) is 2.82. The third-order valence-electron chi connectivity index (χ3n) is 2.66. The average molecular weight is 151 g/mol. The van der Waals surface area contributed by atoms with Crippen LogP contribution in [0, 0.1) is 24.3 Å². The predicted molar refractivity (Wildman–Crippen MR) is 48.0 cm³/mol. The molecule has 1 saturated heterocycles. The van der Waals surface area contributed by atoms with Gasteiger partial charge in [-0.05, 0) is 24.7 Å². The van der Waals surface area contributed by atoms with Crippen molar-refractivity contribution in [2.45, 2.75) is 26.7 Å². The lowest BCUT2D eigenvalue weighted by atomic mass is 9.87. The number of piperidine rings is 1. The van der Waals surface area contributed by atoms with Gasteiger partial charge in [0.15, 0.2) is 0 Å². The Labute approximate surface area is 69.8 Å². The second kappa shape index (κ2) is 3.67. The summed E-state index contributed by atoms with van der Waals surface area (Å²) in [5.74, 6) is 1.73. The van der Waals surface area contributed by atoms with E-state index >= 15 is 0 Å². The Bertz CT molecular complexity index is 147. The molecule has 0 radical (unpaired) electrons. The normalized spacial score (nSPS) is 20.4. The molecular weight excluding hydrogens is 134 g/mol. The van der Waals surface area contributed by atoms with Gasteiger partial charge in [-0.1, -0.05) is 20.3 Å². The van der Waals surface area contributed by atoms with Gasteiger partial charge in [-0.15, -0.1) is 0 Å². The van der Waals surface area contributed by atoms with Gasteiger partial charge in [-0.2, -0.15) is 0 Å². The molecule has 0 N–H and O–H groups in total. The van der Waals surface area contributed by atoms with E-state index in [2.05, 4.69) is 24.8 Å². The first kappa shape index (κ1) is 8.46. The Balaban J connectivity index is 2.31.